The number of rotatable bonds is 7. The topological polar surface area (TPSA) is 36.4 Å². The van der Waals surface area contributed by atoms with Crippen molar-refractivity contribution in [1.82, 2.24) is 14.8 Å². The van der Waals surface area contributed by atoms with Crippen LogP contribution in [0.5, 0.6) is 0 Å². The molecule has 0 radical (unpaired) electrons. The standard InChI is InChI=1S/C25H29N3OS/c1-2-24-26-22(19-30-24)18-27-13-15-28(16-14-27)25(29)17-23(20-9-5-3-6-10-20)21-11-7-4-8-12-21/h3-12,19,23H,2,13-18H2,1H3. The number of thiazole rings is 1. The molecule has 4 nitrogen and oxygen atoms in total. The van der Waals surface area contributed by atoms with Crippen LogP contribution in [0.25, 0.3) is 0 Å². The largest absolute Gasteiger partial charge is 0.340 e. The van der Waals surface area contributed by atoms with Crippen LogP contribution in [0.4, 0.5) is 0 Å². The summed E-state index contributed by atoms with van der Waals surface area (Å²) in [5.74, 6) is 0.342. The van der Waals surface area contributed by atoms with E-state index in [4.69, 9.17) is 0 Å². The molecule has 0 atom stereocenters. The Morgan fingerprint density at radius 1 is 0.967 bits per heavy atom. The van der Waals surface area contributed by atoms with Crippen LogP contribution in [0.1, 0.15) is 41.1 Å². The van der Waals surface area contributed by atoms with Crippen molar-refractivity contribution in [2.75, 3.05) is 26.2 Å². The Morgan fingerprint density at radius 3 is 2.10 bits per heavy atom. The zero-order valence-electron chi connectivity index (χ0n) is 17.5. The van der Waals surface area contributed by atoms with Gasteiger partial charge in [0.25, 0.3) is 0 Å². The van der Waals surface area contributed by atoms with Crippen LogP contribution in [0, 0.1) is 0 Å². The number of hydrogen-bond acceptors (Lipinski definition) is 4. The highest BCUT2D eigenvalue weighted by Gasteiger charge is 2.25. The van der Waals surface area contributed by atoms with Gasteiger partial charge in [0.15, 0.2) is 0 Å². The van der Waals surface area contributed by atoms with Gasteiger partial charge in [-0.3, -0.25) is 9.69 Å². The maximum absolute atomic E-state index is 13.2. The summed E-state index contributed by atoms with van der Waals surface area (Å²) < 4.78 is 0. The molecule has 4 rings (SSSR count). The number of benzene rings is 2. The van der Waals surface area contributed by atoms with Crippen LogP contribution in [-0.2, 0) is 17.8 Å². The minimum Gasteiger partial charge on any atom is -0.340 e. The lowest BCUT2D eigenvalue weighted by atomic mass is 9.88. The number of amides is 1. The molecule has 30 heavy (non-hydrogen) atoms. The third-order valence-electron chi connectivity index (χ3n) is 5.79. The number of carbonyl (C=O) groups is 1. The van der Waals surface area contributed by atoms with Gasteiger partial charge in [0.05, 0.1) is 10.7 Å². The molecule has 1 saturated heterocycles. The Hall–Kier alpha value is -2.50. The van der Waals surface area contributed by atoms with Gasteiger partial charge in [0.1, 0.15) is 0 Å². The summed E-state index contributed by atoms with van der Waals surface area (Å²) in [4.78, 5) is 22.3. The van der Waals surface area contributed by atoms with Crippen molar-refractivity contribution in [3.8, 4) is 0 Å². The molecule has 1 amide bonds. The van der Waals surface area contributed by atoms with E-state index in [-0.39, 0.29) is 11.8 Å². The van der Waals surface area contributed by atoms with Crippen LogP contribution >= 0.6 is 11.3 Å². The molecule has 2 aromatic carbocycles. The molecule has 1 fully saturated rings. The molecule has 1 aliphatic rings. The molecule has 1 aliphatic heterocycles. The van der Waals surface area contributed by atoms with Crippen LogP contribution in [-0.4, -0.2) is 46.9 Å². The summed E-state index contributed by atoms with van der Waals surface area (Å²) in [7, 11) is 0. The molecule has 3 aromatic rings. The Morgan fingerprint density at radius 2 is 1.57 bits per heavy atom. The zero-order chi connectivity index (χ0) is 20.8. The number of nitrogens with zero attached hydrogens (tertiary/aromatic N) is 3. The van der Waals surface area contributed by atoms with E-state index in [2.05, 4.69) is 70.7 Å². The second-order valence-corrected chi connectivity index (χ2v) is 8.76. The van der Waals surface area contributed by atoms with Crippen molar-refractivity contribution in [1.29, 1.82) is 0 Å². The number of piperazine rings is 1. The molecular formula is C25H29N3OS. The molecule has 0 bridgehead atoms. The molecule has 0 aliphatic carbocycles. The highest BCUT2D eigenvalue weighted by Crippen LogP contribution is 2.28. The van der Waals surface area contributed by atoms with E-state index in [1.165, 1.54) is 16.1 Å². The monoisotopic (exact) mass is 419 g/mol. The van der Waals surface area contributed by atoms with E-state index in [0.29, 0.717) is 6.42 Å². The van der Waals surface area contributed by atoms with Gasteiger partial charge >= 0.3 is 0 Å². The van der Waals surface area contributed by atoms with Crippen molar-refractivity contribution in [3.63, 3.8) is 0 Å². The average molecular weight is 420 g/mol. The van der Waals surface area contributed by atoms with Gasteiger partial charge in [0, 0.05) is 50.4 Å². The Labute approximate surface area is 183 Å². The predicted octanol–water partition coefficient (Wildman–Crippen LogP) is 4.57. The van der Waals surface area contributed by atoms with Gasteiger partial charge in [-0.2, -0.15) is 0 Å². The predicted molar refractivity (Wildman–Crippen MR) is 123 cm³/mol. The van der Waals surface area contributed by atoms with E-state index >= 15 is 0 Å². The number of aryl methyl sites for hydroxylation is 1. The summed E-state index contributed by atoms with van der Waals surface area (Å²) in [5.41, 5.74) is 3.56. The average Bonchev–Trinajstić information content (AvgIpc) is 3.26. The molecular weight excluding hydrogens is 390 g/mol. The minimum absolute atomic E-state index is 0.0976. The second-order valence-electron chi connectivity index (χ2n) is 7.82. The van der Waals surface area contributed by atoms with Crippen molar-refractivity contribution < 1.29 is 4.79 Å². The van der Waals surface area contributed by atoms with Gasteiger partial charge in [0.2, 0.25) is 5.91 Å². The van der Waals surface area contributed by atoms with E-state index in [1.807, 2.05) is 17.0 Å². The van der Waals surface area contributed by atoms with Crippen molar-refractivity contribution >= 4 is 17.2 Å². The van der Waals surface area contributed by atoms with Crippen LogP contribution < -0.4 is 0 Å². The summed E-state index contributed by atoms with van der Waals surface area (Å²) in [6.45, 7) is 6.43. The number of hydrogen-bond donors (Lipinski definition) is 0. The molecule has 0 N–H and O–H groups in total. The maximum atomic E-state index is 13.2. The summed E-state index contributed by atoms with van der Waals surface area (Å²) in [5, 5.41) is 3.37. The van der Waals surface area contributed by atoms with Crippen molar-refractivity contribution in [3.05, 3.63) is 87.9 Å². The quantitative estimate of drug-likeness (QED) is 0.563. The van der Waals surface area contributed by atoms with Crippen LogP contribution in [0.15, 0.2) is 66.0 Å². The first-order valence-corrected chi connectivity index (χ1v) is 11.6. The SMILES string of the molecule is CCc1nc(CN2CCN(C(=O)CC(c3ccccc3)c3ccccc3)CC2)cs1. The zero-order valence-corrected chi connectivity index (χ0v) is 18.4. The lowest BCUT2D eigenvalue weighted by Crippen LogP contribution is -2.48. The normalized spacial score (nSPS) is 14.9. The van der Waals surface area contributed by atoms with Gasteiger partial charge in [-0.1, -0.05) is 67.6 Å². The molecule has 1 aromatic heterocycles. The van der Waals surface area contributed by atoms with Crippen molar-refractivity contribution in [2.45, 2.75) is 32.2 Å². The van der Waals surface area contributed by atoms with Crippen LogP contribution in [0.3, 0.4) is 0 Å². The number of carbonyl (C=O) groups excluding carboxylic acids is 1. The summed E-state index contributed by atoms with van der Waals surface area (Å²) >= 11 is 1.74. The third kappa shape index (κ3) is 5.15. The van der Waals surface area contributed by atoms with E-state index in [0.717, 1.165) is 44.8 Å². The lowest BCUT2D eigenvalue weighted by Gasteiger charge is -2.35. The number of aromatic nitrogens is 1. The summed E-state index contributed by atoms with van der Waals surface area (Å²) in [6, 6.07) is 20.8. The van der Waals surface area contributed by atoms with Gasteiger partial charge in [-0.05, 0) is 17.5 Å². The first-order valence-electron chi connectivity index (χ1n) is 10.8. The fraction of sp³-hybridized carbons (Fsp3) is 0.360. The smallest absolute Gasteiger partial charge is 0.223 e. The fourth-order valence-corrected chi connectivity index (χ4v) is 4.81. The molecule has 0 unspecified atom stereocenters. The highest BCUT2D eigenvalue weighted by atomic mass is 32.1. The molecule has 2 heterocycles. The molecule has 5 heteroatoms. The first kappa shape index (κ1) is 20.8. The second kappa shape index (κ2) is 10.0. The van der Waals surface area contributed by atoms with Crippen molar-refractivity contribution in [2.24, 2.45) is 0 Å². The third-order valence-corrected chi connectivity index (χ3v) is 6.84. The molecule has 156 valence electrons. The lowest BCUT2D eigenvalue weighted by molar-refractivity contribution is -0.133. The Bertz CT molecular complexity index is 894. The van der Waals surface area contributed by atoms with Gasteiger partial charge in [-0.15, -0.1) is 11.3 Å². The minimum atomic E-state index is 0.0976. The van der Waals surface area contributed by atoms with E-state index < -0.39 is 0 Å². The van der Waals surface area contributed by atoms with E-state index in [1.54, 1.807) is 11.3 Å². The molecule has 0 spiro atoms. The molecule has 0 saturated carbocycles. The van der Waals surface area contributed by atoms with Crippen LogP contribution in [0.2, 0.25) is 0 Å². The highest BCUT2D eigenvalue weighted by molar-refractivity contribution is 7.09. The maximum Gasteiger partial charge on any atom is 0.223 e. The summed E-state index contributed by atoms with van der Waals surface area (Å²) in [6.07, 6.45) is 1.51. The van der Waals surface area contributed by atoms with E-state index in [9.17, 15) is 4.79 Å². The van der Waals surface area contributed by atoms with Gasteiger partial charge < -0.3 is 4.90 Å². The Balaban J connectivity index is 1.37. The van der Waals surface area contributed by atoms with Gasteiger partial charge in [-0.25, -0.2) is 4.98 Å². The Kier molecular flexibility index (Phi) is 6.92. The first-order chi connectivity index (χ1) is 14.7. The fourth-order valence-electron chi connectivity index (χ4n) is 4.07.